The van der Waals surface area contributed by atoms with E-state index in [0.29, 0.717) is 54.3 Å². The number of nitrogens with one attached hydrogen (secondary N) is 3. The van der Waals surface area contributed by atoms with Gasteiger partial charge in [-0.3, -0.25) is 19.8 Å². The summed E-state index contributed by atoms with van der Waals surface area (Å²) in [6.07, 6.45) is 10.8. The van der Waals surface area contributed by atoms with Gasteiger partial charge in [-0.15, -0.1) is 0 Å². The lowest BCUT2D eigenvalue weighted by Crippen LogP contribution is -2.52. The van der Waals surface area contributed by atoms with Crippen molar-refractivity contribution in [2.45, 2.75) is 62.8 Å². The van der Waals surface area contributed by atoms with Crippen molar-refractivity contribution in [2.75, 3.05) is 56.2 Å². The first kappa shape index (κ1) is 42.0. The molecular weight excluding hydrogens is 833 g/mol. The molecular formula is C46H49ClFN7O6S. The molecule has 1 atom stereocenters. The van der Waals surface area contributed by atoms with Gasteiger partial charge in [0.2, 0.25) is 0 Å². The fraction of sp³-hybridized carbons (Fsp3) is 0.391. The normalized spacial score (nSPS) is 19.5. The molecule has 2 aromatic heterocycles. The van der Waals surface area contributed by atoms with Gasteiger partial charge in [0.15, 0.2) is 5.82 Å². The predicted molar refractivity (Wildman–Crippen MR) is 238 cm³/mol. The topological polar surface area (TPSA) is 163 Å². The van der Waals surface area contributed by atoms with Crippen molar-refractivity contribution in [2.24, 2.45) is 11.3 Å². The van der Waals surface area contributed by atoms with Gasteiger partial charge >= 0.3 is 0 Å². The Hall–Kier alpha value is -5.35. The number of nitro benzene ring substituents is 1. The second-order valence-corrected chi connectivity index (χ2v) is 19.4. The van der Waals surface area contributed by atoms with Crippen LogP contribution in [0.2, 0.25) is 5.02 Å². The van der Waals surface area contributed by atoms with Gasteiger partial charge in [-0.1, -0.05) is 29.3 Å². The quantitative estimate of drug-likeness (QED) is 0.0816. The highest BCUT2D eigenvalue weighted by Crippen LogP contribution is 2.58. The van der Waals surface area contributed by atoms with Crippen LogP contribution in [0, 0.1) is 27.3 Å². The SMILES string of the molecule is CC1CN(c2ccc(C(=O)NS(=O)(=O)c3cc(F)c(NCC4CCOCC4)c([N+](=O)[O-])c3)c(-c3cnc4[nH]ccc4c3)c2)CCN1CC1=C(c2ccc(Cl)cc2)CCC2(CC2)C1. The van der Waals surface area contributed by atoms with Crippen LogP contribution in [0.3, 0.4) is 0 Å². The smallest absolute Gasteiger partial charge is 0.296 e. The minimum absolute atomic E-state index is 0.0402. The highest BCUT2D eigenvalue weighted by atomic mass is 35.5. The number of nitro groups is 1. The lowest BCUT2D eigenvalue weighted by molar-refractivity contribution is -0.384. The Bertz CT molecular complexity index is 2680. The third-order valence-electron chi connectivity index (χ3n) is 13.2. The summed E-state index contributed by atoms with van der Waals surface area (Å²) >= 11 is 6.25. The molecule has 4 aliphatic rings. The molecule has 9 rings (SSSR count). The summed E-state index contributed by atoms with van der Waals surface area (Å²) < 4.78 is 50.4. The number of aromatic amines is 1. The molecule has 2 aliphatic heterocycles. The first-order valence-electron chi connectivity index (χ1n) is 21.2. The maximum atomic E-state index is 15.5. The number of piperazine rings is 1. The number of hydrogen-bond acceptors (Lipinski definition) is 10. The standard InChI is InChI=1S/C46H49ClFN7O6S/c1-29-27-54(17-16-53(29)28-34-24-46(13-14-46)12-8-38(34)31-2-4-35(47)5-3-31)36-6-7-39(40(21-36)33-20-32-9-15-49-44(32)51-26-33)45(56)52-62(59,60)37-22-41(48)43(42(23-37)55(57)58)50-25-30-10-18-61-19-11-30/h2-7,9,15,20-23,26,29-30,50H,8,10-14,16-19,24-25,27-28H2,1H3,(H,49,51)(H,52,56). The van der Waals surface area contributed by atoms with Gasteiger partial charge in [0, 0.05) is 97.7 Å². The van der Waals surface area contributed by atoms with E-state index < -0.39 is 42.9 Å². The van der Waals surface area contributed by atoms with Crippen molar-refractivity contribution in [1.82, 2.24) is 19.6 Å². The molecule has 2 aliphatic carbocycles. The van der Waals surface area contributed by atoms with E-state index in [9.17, 15) is 23.3 Å². The first-order chi connectivity index (χ1) is 29.8. The van der Waals surface area contributed by atoms with Crippen molar-refractivity contribution in [3.8, 4) is 11.1 Å². The third-order valence-corrected chi connectivity index (χ3v) is 14.8. The second-order valence-electron chi connectivity index (χ2n) is 17.3. The summed E-state index contributed by atoms with van der Waals surface area (Å²) in [5.74, 6) is -1.98. The van der Waals surface area contributed by atoms with Crippen LogP contribution in [0.1, 0.15) is 67.8 Å². The minimum atomic E-state index is -4.78. The zero-order valence-corrected chi connectivity index (χ0v) is 36.0. The number of carbonyl (C=O) groups excluding carboxylic acids is 1. The molecule has 0 bridgehead atoms. The average molecular weight is 882 g/mol. The molecule has 5 aromatic rings. The van der Waals surface area contributed by atoms with Crippen molar-refractivity contribution in [3.63, 3.8) is 0 Å². The Morgan fingerprint density at radius 3 is 2.58 bits per heavy atom. The Morgan fingerprint density at radius 1 is 1.05 bits per heavy atom. The summed E-state index contributed by atoms with van der Waals surface area (Å²) in [6, 6.07) is 18.9. The van der Waals surface area contributed by atoms with Gasteiger partial charge in [-0.25, -0.2) is 22.5 Å². The molecule has 3 N–H and O–H groups in total. The molecule has 3 aromatic carbocycles. The highest BCUT2D eigenvalue weighted by Gasteiger charge is 2.45. The molecule has 1 unspecified atom stereocenters. The van der Waals surface area contributed by atoms with E-state index in [4.69, 9.17) is 16.3 Å². The number of sulfonamides is 1. The van der Waals surface area contributed by atoms with Crippen LogP contribution in [0.15, 0.2) is 89.6 Å². The highest BCUT2D eigenvalue weighted by molar-refractivity contribution is 7.90. The van der Waals surface area contributed by atoms with Gasteiger partial charge < -0.3 is 19.9 Å². The van der Waals surface area contributed by atoms with Gasteiger partial charge in [0.25, 0.3) is 21.6 Å². The number of amides is 1. The third kappa shape index (κ3) is 8.81. The Kier molecular flexibility index (Phi) is 11.6. The second kappa shape index (κ2) is 17.1. The predicted octanol–water partition coefficient (Wildman–Crippen LogP) is 8.82. The summed E-state index contributed by atoms with van der Waals surface area (Å²) in [6.45, 7) is 6.76. The monoisotopic (exact) mass is 881 g/mol. The number of benzene rings is 3. The molecule has 2 saturated heterocycles. The molecule has 4 heterocycles. The lowest BCUT2D eigenvalue weighted by Gasteiger charge is -2.42. The Morgan fingerprint density at radius 2 is 1.84 bits per heavy atom. The number of halogens is 2. The molecule has 62 heavy (non-hydrogen) atoms. The number of H-pyrrole nitrogens is 1. The molecule has 1 spiro atoms. The first-order valence-corrected chi connectivity index (χ1v) is 23.1. The number of pyridine rings is 1. The number of fused-ring (bicyclic) bond motifs is 1. The lowest BCUT2D eigenvalue weighted by atomic mass is 9.78. The number of nitrogens with zero attached hydrogens (tertiary/aromatic N) is 4. The molecule has 16 heteroatoms. The van der Waals surface area contributed by atoms with Crippen LogP contribution in [-0.2, 0) is 14.8 Å². The van der Waals surface area contributed by atoms with Crippen LogP contribution >= 0.6 is 11.6 Å². The van der Waals surface area contributed by atoms with E-state index in [1.807, 2.05) is 30.3 Å². The number of aromatic nitrogens is 2. The number of anilines is 2. The Balaban J connectivity index is 0.963. The van der Waals surface area contributed by atoms with Crippen LogP contribution in [0.4, 0.5) is 21.5 Å². The summed E-state index contributed by atoms with van der Waals surface area (Å²) in [5, 5.41) is 16.4. The maximum absolute atomic E-state index is 15.5. The molecule has 1 saturated carbocycles. The zero-order valence-electron chi connectivity index (χ0n) is 34.5. The number of hydrogen-bond donors (Lipinski definition) is 3. The molecule has 13 nitrogen and oxygen atoms in total. The number of ether oxygens (including phenoxy) is 1. The van der Waals surface area contributed by atoms with Gasteiger partial charge in [-0.2, -0.15) is 0 Å². The van der Waals surface area contributed by atoms with E-state index in [1.165, 1.54) is 36.0 Å². The molecule has 324 valence electrons. The summed E-state index contributed by atoms with van der Waals surface area (Å²) in [7, 11) is -4.78. The van der Waals surface area contributed by atoms with Crippen LogP contribution in [-0.4, -0.2) is 86.1 Å². The number of allylic oxidation sites excluding steroid dienone is 1. The van der Waals surface area contributed by atoms with Crippen molar-refractivity contribution < 1.29 is 27.3 Å². The molecule has 1 amide bonds. The maximum Gasteiger partial charge on any atom is 0.296 e. The fourth-order valence-electron chi connectivity index (χ4n) is 9.41. The van der Waals surface area contributed by atoms with Crippen LogP contribution < -0.4 is 14.9 Å². The van der Waals surface area contributed by atoms with E-state index in [2.05, 4.69) is 48.9 Å². The van der Waals surface area contributed by atoms with Gasteiger partial charge in [0.1, 0.15) is 11.3 Å². The minimum Gasteiger partial charge on any atom is -0.381 e. The number of rotatable bonds is 12. The van der Waals surface area contributed by atoms with E-state index in [0.717, 1.165) is 61.2 Å². The fourth-order valence-corrected chi connectivity index (χ4v) is 10.5. The van der Waals surface area contributed by atoms with Crippen molar-refractivity contribution in [1.29, 1.82) is 0 Å². The van der Waals surface area contributed by atoms with Crippen molar-refractivity contribution >= 4 is 61.2 Å². The van der Waals surface area contributed by atoms with Gasteiger partial charge in [0.05, 0.1) is 9.82 Å². The van der Waals surface area contributed by atoms with E-state index in [-0.39, 0.29) is 24.1 Å². The average Bonchev–Trinajstić information content (AvgIpc) is 3.83. The Labute approximate surface area is 364 Å². The number of carbonyl (C=O) groups is 1. The van der Waals surface area contributed by atoms with Gasteiger partial charge in [-0.05, 0) is 128 Å². The summed E-state index contributed by atoms with van der Waals surface area (Å²) in [4.78, 5) is 37.0. The van der Waals surface area contributed by atoms with Crippen LogP contribution in [0.25, 0.3) is 27.7 Å². The molecule has 3 fully saturated rings. The largest absolute Gasteiger partial charge is 0.381 e. The van der Waals surface area contributed by atoms with E-state index in [1.54, 1.807) is 24.5 Å². The van der Waals surface area contributed by atoms with E-state index >= 15 is 4.39 Å². The molecule has 0 radical (unpaired) electrons. The summed E-state index contributed by atoms with van der Waals surface area (Å²) in [5.41, 5.74) is 6.10. The van der Waals surface area contributed by atoms with Crippen LogP contribution in [0.5, 0.6) is 0 Å². The van der Waals surface area contributed by atoms with Crippen molar-refractivity contribution in [3.05, 3.63) is 117 Å². The zero-order chi connectivity index (χ0) is 43.2.